The molecule has 1 aliphatic rings. The number of piperazine rings is 1. The van der Waals surface area contributed by atoms with Crippen LogP contribution in [0.15, 0.2) is 24.3 Å². The number of rotatable bonds is 2. The van der Waals surface area contributed by atoms with Crippen molar-refractivity contribution in [2.24, 2.45) is 0 Å². The summed E-state index contributed by atoms with van der Waals surface area (Å²) in [6, 6.07) is 8.12. The molecule has 0 unspecified atom stereocenters. The summed E-state index contributed by atoms with van der Waals surface area (Å²) in [7, 11) is 1.67. The molecule has 1 aromatic carbocycles. The fourth-order valence-electron chi connectivity index (χ4n) is 2.97. The number of nitrogens with zero attached hydrogens (tertiary/aromatic N) is 3. The largest absolute Gasteiger partial charge is 0.497 e. The van der Waals surface area contributed by atoms with Crippen molar-refractivity contribution in [1.29, 1.82) is 0 Å². The summed E-state index contributed by atoms with van der Waals surface area (Å²) in [5.74, 6) is 0.970. The summed E-state index contributed by atoms with van der Waals surface area (Å²) < 4.78 is 5.29. The normalized spacial score (nSPS) is 15.2. The van der Waals surface area contributed by atoms with E-state index in [1.54, 1.807) is 14.0 Å². The first-order valence-corrected chi connectivity index (χ1v) is 7.54. The SMILES string of the molecule is COc1ccc2c(N3CCN(C(C)=O)CC3)cc(C)nc2c1. The molecule has 2 aromatic rings. The van der Waals surface area contributed by atoms with Crippen LogP contribution < -0.4 is 9.64 Å². The summed E-state index contributed by atoms with van der Waals surface area (Å²) in [4.78, 5) is 20.3. The number of methoxy groups -OCH3 is 1. The lowest BCUT2D eigenvalue weighted by Crippen LogP contribution is -2.48. The summed E-state index contributed by atoms with van der Waals surface area (Å²) in [5, 5.41) is 1.13. The van der Waals surface area contributed by atoms with Crippen molar-refractivity contribution in [2.75, 3.05) is 38.2 Å². The van der Waals surface area contributed by atoms with Crippen molar-refractivity contribution in [3.05, 3.63) is 30.0 Å². The molecule has 0 radical (unpaired) electrons. The average Bonchev–Trinajstić information content (AvgIpc) is 2.53. The van der Waals surface area contributed by atoms with Crippen LogP contribution in [0.1, 0.15) is 12.6 Å². The number of hydrogen-bond donors (Lipinski definition) is 0. The van der Waals surface area contributed by atoms with Gasteiger partial charge in [0.1, 0.15) is 5.75 Å². The molecular formula is C17H21N3O2. The van der Waals surface area contributed by atoms with Crippen LogP contribution in [-0.4, -0.2) is 49.1 Å². The lowest BCUT2D eigenvalue weighted by atomic mass is 10.1. The molecule has 0 saturated carbocycles. The van der Waals surface area contributed by atoms with Gasteiger partial charge in [0.15, 0.2) is 0 Å². The number of aryl methyl sites for hydroxylation is 1. The molecule has 0 aliphatic carbocycles. The average molecular weight is 299 g/mol. The highest BCUT2D eigenvalue weighted by atomic mass is 16.5. The molecule has 1 saturated heterocycles. The summed E-state index contributed by atoms with van der Waals surface area (Å²) in [5.41, 5.74) is 3.13. The van der Waals surface area contributed by atoms with Gasteiger partial charge in [0.05, 0.1) is 12.6 Å². The van der Waals surface area contributed by atoms with E-state index in [0.29, 0.717) is 0 Å². The van der Waals surface area contributed by atoms with E-state index < -0.39 is 0 Å². The molecule has 0 bridgehead atoms. The number of carbonyl (C=O) groups excluding carboxylic acids is 1. The Labute approximate surface area is 130 Å². The van der Waals surface area contributed by atoms with E-state index in [1.165, 1.54) is 5.69 Å². The van der Waals surface area contributed by atoms with Gasteiger partial charge < -0.3 is 14.5 Å². The Kier molecular flexibility index (Phi) is 3.88. The van der Waals surface area contributed by atoms with E-state index in [9.17, 15) is 4.79 Å². The van der Waals surface area contributed by atoms with Gasteiger partial charge in [-0.15, -0.1) is 0 Å². The molecule has 1 aliphatic heterocycles. The third-order valence-corrected chi connectivity index (χ3v) is 4.19. The number of amides is 1. The number of fused-ring (bicyclic) bond motifs is 1. The number of ether oxygens (including phenoxy) is 1. The van der Waals surface area contributed by atoms with E-state index in [1.807, 2.05) is 24.0 Å². The maximum Gasteiger partial charge on any atom is 0.219 e. The first-order chi connectivity index (χ1) is 10.6. The monoisotopic (exact) mass is 299 g/mol. The molecular weight excluding hydrogens is 278 g/mol. The Morgan fingerprint density at radius 3 is 2.55 bits per heavy atom. The van der Waals surface area contributed by atoms with Gasteiger partial charge in [0, 0.05) is 55.9 Å². The first kappa shape index (κ1) is 14.6. The van der Waals surface area contributed by atoms with Crippen LogP contribution in [0.4, 0.5) is 5.69 Å². The summed E-state index contributed by atoms with van der Waals surface area (Å²) >= 11 is 0. The predicted molar refractivity (Wildman–Crippen MR) is 87.5 cm³/mol. The maximum absolute atomic E-state index is 11.5. The molecule has 0 atom stereocenters. The zero-order valence-electron chi connectivity index (χ0n) is 13.3. The predicted octanol–water partition coefficient (Wildman–Crippen LogP) is 2.22. The molecule has 3 rings (SSSR count). The topological polar surface area (TPSA) is 45.7 Å². The molecule has 1 aromatic heterocycles. The lowest BCUT2D eigenvalue weighted by Gasteiger charge is -2.36. The van der Waals surface area contributed by atoms with Gasteiger partial charge in [0.2, 0.25) is 5.91 Å². The van der Waals surface area contributed by atoms with E-state index in [0.717, 1.165) is 48.5 Å². The summed E-state index contributed by atoms with van der Waals surface area (Å²) in [6.07, 6.45) is 0. The van der Waals surface area contributed by atoms with Crippen LogP contribution >= 0.6 is 0 Å². The van der Waals surface area contributed by atoms with E-state index in [4.69, 9.17) is 4.74 Å². The minimum absolute atomic E-state index is 0.153. The quantitative estimate of drug-likeness (QED) is 0.853. The van der Waals surface area contributed by atoms with Gasteiger partial charge in [-0.25, -0.2) is 0 Å². The number of anilines is 1. The molecule has 116 valence electrons. The van der Waals surface area contributed by atoms with E-state index in [-0.39, 0.29) is 5.91 Å². The minimum Gasteiger partial charge on any atom is -0.497 e. The van der Waals surface area contributed by atoms with Crippen LogP contribution in [0, 0.1) is 6.92 Å². The smallest absolute Gasteiger partial charge is 0.219 e. The van der Waals surface area contributed by atoms with Crippen molar-refractivity contribution in [3.63, 3.8) is 0 Å². The first-order valence-electron chi connectivity index (χ1n) is 7.54. The Hall–Kier alpha value is -2.30. The summed E-state index contributed by atoms with van der Waals surface area (Å²) in [6.45, 7) is 6.89. The highest BCUT2D eigenvalue weighted by Crippen LogP contribution is 2.30. The van der Waals surface area contributed by atoms with Crippen molar-refractivity contribution >= 4 is 22.5 Å². The van der Waals surface area contributed by atoms with Gasteiger partial charge in [-0.3, -0.25) is 9.78 Å². The Bertz CT molecular complexity index is 706. The van der Waals surface area contributed by atoms with Crippen LogP contribution in [0.3, 0.4) is 0 Å². The molecule has 1 fully saturated rings. The van der Waals surface area contributed by atoms with Crippen LogP contribution in [0.5, 0.6) is 5.75 Å². The highest BCUT2D eigenvalue weighted by molar-refractivity contribution is 5.93. The van der Waals surface area contributed by atoms with Gasteiger partial charge in [-0.1, -0.05) is 0 Å². The van der Waals surface area contributed by atoms with E-state index >= 15 is 0 Å². The zero-order chi connectivity index (χ0) is 15.7. The molecule has 5 nitrogen and oxygen atoms in total. The van der Waals surface area contributed by atoms with Gasteiger partial charge in [0.25, 0.3) is 0 Å². The second-order valence-electron chi connectivity index (χ2n) is 5.66. The van der Waals surface area contributed by atoms with Crippen molar-refractivity contribution in [1.82, 2.24) is 9.88 Å². The van der Waals surface area contributed by atoms with E-state index in [2.05, 4.69) is 22.0 Å². The number of carbonyl (C=O) groups is 1. The maximum atomic E-state index is 11.5. The van der Waals surface area contributed by atoms with Crippen LogP contribution in [-0.2, 0) is 4.79 Å². The second kappa shape index (κ2) is 5.83. The fraction of sp³-hybridized carbons (Fsp3) is 0.412. The third-order valence-electron chi connectivity index (χ3n) is 4.19. The highest BCUT2D eigenvalue weighted by Gasteiger charge is 2.20. The number of pyridine rings is 1. The molecule has 1 amide bonds. The molecule has 5 heteroatoms. The van der Waals surface area contributed by atoms with Crippen LogP contribution in [0.25, 0.3) is 10.9 Å². The molecule has 0 N–H and O–H groups in total. The molecule has 2 heterocycles. The van der Waals surface area contributed by atoms with Gasteiger partial charge >= 0.3 is 0 Å². The van der Waals surface area contributed by atoms with Gasteiger partial charge in [-0.05, 0) is 25.1 Å². The number of aromatic nitrogens is 1. The van der Waals surface area contributed by atoms with Crippen LogP contribution in [0.2, 0.25) is 0 Å². The fourth-order valence-corrected chi connectivity index (χ4v) is 2.97. The lowest BCUT2D eigenvalue weighted by molar-refractivity contribution is -0.129. The van der Waals surface area contributed by atoms with Crippen molar-refractivity contribution in [2.45, 2.75) is 13.8 Å². The number of benzene rings is 1. The molecule has 22 heavy (non-hydrogen) atoms. The Morgan fingerprint density at radius 1 is 1.18 bits per heavy atom. The number of hydrogen-bond acceptors (Lipinski definition) is 4. The second-order valence-corrected chi connectivity index (χ2v) is 5.66. The van der Waals surface area contributed by atoms with Crippen molar-refractivity contribution < 1.29 is 9.53 Å². The minimum atomic E-state index is 0.153. The third kappa shape index (κ3) is 2.71. The Morgan fingerprint density at radius 2 is 1.91 bits per heavy atom. The standard InChI is InChI=1S/C17H21N3O2/c1-12-10-17(20-8-6-19(7-9-20)13(2)21)15-5-4-14(22-3)11-16(15)18-12/h4-5,10-11H,6-9H2,1-3H3. The molecule has 0 spiro atoms. The van der Waals surface area contributed by atoms with Crippen molar-refractivity contribution in [3.8, 4) is 5.75 Å². The Balaban J connectivity index is 1.95. The van der Waals surface area contributed by atoms with Gasteiger partial charge in [-0.2, -0.15) is 0 Å². The zero-order valence-corrected chi connectivity index (χ0v) is 13.3.